The molecule has 0 aromatic heterocycles. The topological polar surface area (TPSA) is 27.0 Å². The Morgan fingerprint density at radius 1 is 1.38 bits per heavy atom. The Kier molecular flexibility index (Phi) is 3.34. The maximum atomic E-state index is 8.92. The first kappa shape index (κ1) is 10.1. The highest BCUT2D eigenvalue weighted by molar-refractivity contribution is 5.02. The van der Waals surface area contributed by atoms with Crippen LogP contribution in [0.3, 0.4) is 0 Å². The average Bonchev–Trinajstić information content (AvgIpc) is 2.17. The molecule has 0 spiro atoms. The molecule has 1 rings (SSSR count). The number of nitriles is 1. The molecule has 2 nitrogen and oxygen atoms in total. The van der Waals surface area contributed by atoms with Gasteiger partial charge in [0, 0.05) is 13.1 Å². The Bertz CT molecular complexity index is 256. The van der Waals surface area contributed by atoms with Gasteiger partial charge in [0.05, 0.1) is 18.0 Å². The second kappa shape index (κ2) is 4.30. The van der Waals surface area contributed by atoms with E-state index < -0.39 is 0 Å². The number of hydrogen-bond donors (Lipinski definition) is 0. The van der Waals surface area contributed by atoms with Gasteiger partial charge in [-0.15, -0.1) is 5.92 Å². The van der Waals surface area contributed by atoms with E-state index in [9.17, 15) is 0 Å². The van der Waals surface area contributed by atoms with Crippen LogP contribution in [-0.4, -0.2) is 24.5 Å². The van der Waals surface area contributed by atoms with Crippen LogP contribution in [0.5, 0.6) is 0 Å². The SMILES string of the molecule is CC#CCN1CCC(C)(C#N)CC1. The summed E-state index contributed by atoms with van der Waals surface area (Å²) in [6.07, 6.45) is 1.96. The molecule has 1 aliphatic heterocycles. The van der Waals surface area contributed by atoms with Gasteiger partial charge in [-0.3, -0.25) is 4.90 Å². The lowest BCUT2D eigenvalue weighted by molar-refractivity contribution is 0.172. The van der Waals surface area contributed by atoms with Gasteiger partial charge in [-0.1, -0.05) is 5.92 Å². The first-order chi connectivity index (χ1) is 6.20. The van der Waals surface area contributed by atoms with Crippen LogP contribution in [0, 0.1) is 28.6 Å². The summed E-state index contributed by atoms with van der Waals surface area (Å²) in [4.78, 5) is 2.32. The van der Waals surface area contributed by atoms with Gasteiger partial charge in [0.2, 0.25) is 0 Å². The maximum Gasteiger partial charge on any atom is 0.0687 e. The minimum Gasteiger partial charge on any atom is -0.292 e. The lowest BCUT2D eigenvalue weighted by atomic mass is 9.82. The van der Waals surface area contributed by atoms with Crippen LogP contribution in [0.2, 0.25) is 0 Å². The molecule has 0 amide bonds. The molecular formula is C11H16N2. The predicted octanol–water partition coefficient (Wildman–Crippen LogP) is 1.64. The monoisotopic (exact) mass is 176 g/mol. The third-order valence-corrected chi connectivity index (χ3v) is 2.71. The molecular weight excluding hydrogens is 160 g/mol. The maximum absolute atomic E-state index is 8.92. The van der Waals surface area contributed by atoms with Crippen molar-refractivity contribution in [3.05, 3.63) is 0 Å². The highest BCUT2D eigenvalue weighted by Gasteiger charge is 2.29. The Hall–Kier alpha value is -0.990. The third kappa shape index (κ3) is 2.76. The van der Waals surface area contributed by atoms with Crippen molar-refractivity contribution < 1.29 is 0 Å². The number of rotatable bonds is 1. The van der Waals surface area contributed by atoms with Crippen molar-refractivity contribution in [3.63, 3.8) is 0 Å². The molecule has 0 atom stereocenters. The minimum atomic E-state index is -0.0872. The summed E-state index contributed by atoms with van der Waals surface area (Å²) >= 11 is 0. The first-order valence-electron chi connectivity index (χ1n) is 4.73. The van der Waals surface area contributed by atoms with Crippen molar-refractivity contribution in [2.45, 2.75) is 26.7 Å². The van der Waals surface area contributed by atoms with E-state index in [1.165, 1.54) is 0 Å². The molecule has 1 saturated heterocycles. The lowest BCUT2D eigenvalue weighted by Gasteiger charge is -2.33. The minimum absolute atomic E-state index is 0.0872. The zero-order valence-electron chi connectivity index (χ0n) is 8.43. The van der Waals surface area contributed by atoms with Gasteiger partial charge in [0.1, 0.15) is 0 Å². The fourth-order valence-corrected chi connectivity index (χ4v) is 1.51. The van der Waals surface area contributed by atoms with E-state index in [2.05, 4.69) is 29.7 Å². The molecule has 0 aromatic rings. The Labute approximate surface area is 80.5 Å². The normalized spacial score (nSPS) is 21.3. The van der Waals surface area contributed by atoms with Crippen molar-refractivity contribution in [2.75, 3.05) is 19.6 Å². The summed E-state index contributed by atoms with van der Waals surface area (Å²) in [5, 5.41) is 8.92. The molecule has 0 aliphatic carbocycles. The standard InChI is InChI=1S/C11H16N2/c1-3-4-7-13-8-5-11(2,10-12)6-9-13/h5-9H2,1-2H3. The first-order valence-corrected chi connectivity index (χ1v) is 4.73. The van der Waals surface area contributed by atoms with Gasteiger partial charge in [-0.2, -0.15) is 5.26 Å². The molecule has 0 bridgehead atoms. The van der Waals surface area contributed by atoms with E-state index in [1.807, 2.05) is 6.92 Å². The Morgan fingerprint density at radius 3 is 2.46 bits per heavy atom. The zero-order chi connectivity index (χ0) is 9.73. The van der Waals surface area contributed by atoms with E-state index >= 15 is 0 Å². The molecule has 0 saturated carbocycles. The van der Waals surface area contributed by atoms with Crippen molar-refractivity contribution in [1.82, 2.24) is 4.90 Å². The van der Waals surface area contributed by atoms with Crippen LogP contribution in [0.4, 0.5) is 0 Å². The smallest absolute Gasteiger partial charge is 0.0687 e. The van der Waals surface area contributed by atoms with Gasteiger partial charge in [-0.05, 0) is 26.7 Å². The molecule has 13 heavy (non-hydrogen) atoms. The second-order valence-corrected chi connectivity index (χ2v) is 3.88. The van der Waals surface area contributed by atoms with Crippen molar-refractivity contribution in [2.24, 2.45) is 5.41 Å². The number of nitrogens with zero attached hydrogens (tertiary/aromatic N) is 2. The highest BCUT2D eigenvalue weighted by atomic mass is 15.1. The summed E-state index contributed by atoms with van der Waals surface area (Å²) in [5.74, 6) is 5.95. The number of hydrogen-bond acceptors (Lipinski definition) is 2. The van der Waals surface area contributed by atoms with E-state index in [0.717, 1.165) is 32.5 Å². The summed E-state index contributed by atoms with van der Waals surface area (Å²) in [5.41, 5.74) is -0.0872. The predicted molar refractivity (Wildman–Crippen MR) is 52.8 cm³/mol. The third-order valence-electron chi connectivity index (χ3n) is 2.71. The highest BCUT2D eigenvalue weighted by Crippen LogP contribution is 2.29. The van der Waals surface area contributed by atoms with Crippen LogP contribution < -0.4 is 0 Å². The van der Waals surface area contributed by atoms with Crippen LogP contribution in [0.1, 0.15) is 26.7 Å². The number of piperidine rings is 1. The van der Waals surface area contributed by atoms with Gasteiger partial charge in [0.15, 0.2) is 0 Å². The summed E-state index contributed by atoms with van der Waals surface area (Å²) in [6, 6.07) is 2.39. The van der Waals surface area contributed by atoms with Gasteiger partial charge in [0.25, 0.3) is 0 Å². The molecule has 0 N–H and O–H groups in total. The molecule has 0 radical (unpaired) electrons. The number of likely N-dealkylation sites (tertiary alicyclic amines) is 1. The Balaban J connectivity index is 2.38. The average molecular weight is 176 g/mol. The summed E-state index contributed by atoms with van der Waals surface area (Å²) in [6.45, 7) is 6.80. The van der Waals surface area contributed by atoms with Gasteiger partial charge < -0.3 is 0 Å². The van der Waals surface area contributed by atoms with Gasteiger partial charge >= 0.3 is 0 Å². The van der Waals surface area contributed by atoms with Crippen molar-refractivity contribution in [1.29, 1.82) is 5.26 Å². The fourth-order valence-electron chi connectivity index (χ4n) is 1.51. The van der Waals surface area contributed by atoms with Crippen LogP contribution >= 0.6 is 0 Å². The van der Waals surface area contributed by atoms with Crippen LogP contribution in [0.15, 0.2) is 0 Å². The molecule has 1 heterocycles. The van der Waals surface area contributed by atoms with E-state index in [-0.39, 0.29) is 5.41 Å². The van der Waals surface area contributed by atoms with Gasteiger partial charge in [-0.25, -0.2) is 0 Å². The van der Waals surface area contributed by atoms with Crippen LogP contribution in [0.25, 0.3) is 0 Å². The molecule has 2 heteroatoms. The molecule has 0 unspecified atom stereocenters. The zero-order valence-corrected chi connectivity index (χ0v) is 8.43. The quantitative estimate of drug-likeness (QED) is 0.568. The summed E-state index contributed by atoms with van der Waals surface area (Å²) in [7, 11) is 0. The largest absolute Gasteiger partial charge is 0.292 e. The lowest BCUT2D eigenvalue weighted by Crippen LogP contribution is -2.38. The molecule has 0 aromatic carbocycles. The van der Waals surface area contributed by atoms with E-state index in [1.54, 1.807) is 0 Å². The molecule has 1 fully saturated rings. The summed E-state index contributed by atoms with van der Waals surface area (Å²) < 4.78 is 0. The second-order valence-electron chi connectivity index (χ2n) is 3.88. The molecule has 1 aliphatic rings. The van der Waals surface area contributed by atoms with E-state index in [4.69, 9.17) is 5.26 Å². The van der Waals surface area contributed by atoms with Crippen molar-refractivity contribution >= 4 is 0 Å². The molecule has 70 valence electrons. The van der Waals surface area contributed by atoms with Crippen LogP contribution in [-0.2, 0) is 0 Å². The van der Waals surface area contributed by atoms with E-state index in [0.29, 0.717) is 0 Å². The van der Waals surface area contributed by atoms with Crippen molar-refractivity contribution in [3.8, 4) is 17.9 Å². The fraction of sp³-hybridized carbons (Fsp3) is 0.727. The Morgan fingerprint density at radius 2 is 2.00 bits per heavy atom.